The summed E-state index contributed by atoms with van der Waals surface area (Å²) in [6, 6.07) is 6.06. The van der Waals surface area contributed by atoms with Gasteiger partial charge >= 0.3 is 5.69 Å². The molecule has 8 heteroatoms. The summed E-state index contributed by atoms with van der Waals surface area (Å²) >= 11 is 0. The summed E-state index contributed by atoms with van der Waals surface area (Å²) in [4.78, 5) is 19.8. The Balaban J connectivity index is 1.41. The van der Waals surface area contributed by atoms with E-state index in [-0.39, 0.29) is 10.6 Å². The number of aromatic nitrogens is 2. The highest BCUT2D eigenvalue weighted by Gasteiger charge is 2.46. The van der Waals surface area contributed by atoms with E-state index in [4.69, 9.17) is 0 Å². The minimum absolute atomic E-state index is 0.268. The zero-order valence-corrected chi connectivity index (χ0v) is 17.7. The summed E-state index contributed by atoms with van der Waals surface area (Å²) < 4.78 is 28.5. The van der Waals surface area contributed by atoms with E-state index in [1.54, 1.807) is 22.5 Å². The predicted octanol–water partition coefficient (Wildman–Crippen LogP) is 2.52. The van der Waals surface area contributed by atoms with Crippen LogP contribution in [0, 0.1) is 11.8 Å². The van der Waals surface area contributed by atoms with Crippen LogP contribution in [0.4, 0.5) is 0 Å². The summed E-state index contributed by atoms with van der Waals surface area (Å²) in [7, 11) is -3.57. The fourth-order valence-electron chi connectivity index (χ4n) is 6.03. The van der Waals surface area contributed by atoms with Gasteiger partial charge in [-0.1, -0.05) is 19.8 Å². The predicted molar refractivity (Wildman–Crippen MR) is 112 cm³/mol. The van der Waals surface area contributed by atoms with Gasteiger partial charge in [-0.15, -0.1) is 0 Å². The van der Waals surface area contributed by atoms with E-state index in [0.29, 0.717) is 48.0 Å². The minimum Gasteiger partial charge on any atom is -0.306 e. The number of rotatable bonds is 4. The lowest BCUT2D eigenvalue weighted by atomic mass is 9.75. The Morgan fingerprint density at radius 2 is 1.93 bits per heavy atom. The van der Waals surface area contributed by atoms with Crippen molar-refractivity contribution in [2.45, 2.75) is 62.4 Å². The van der Waals surface area contributed by atoms with Crippen LogP contribution in [0.3, 0.4) is 0 Å². The Bertz CT molecular complexity index is 1060. The van der Waals surface area contributed by atoms with Crippen LogP contribution in [0.1, 0.15) is 45.4 Å². The fourth-order valence-corrected chi connectivity index (χ4v) is 7.63. The van der Waals surface area contributed by atoms with Crippen LogP contribution in [0.15, 0.2) is 27.9 Å². The number of nitrogens with one attached hydrogen (secondary N) is 2. The molecule has 0 radical (unpaired) electrons. The lowest BCUT2D eigenvalue weighted by Crippen LogP contribution is -2.62. The monoisotopic (exact) mass is 418 g/mol. The Hall–Kier alpha value is -1.64. The van der Waals surface area contributed by atoms with E-state index in [1.165, 1.54) is 32.1 Å². The second-order valence-corrected chi connectivity index (χ2v) is 11.0. The van der Waals surface area contributed by atoms with Gasteiger partial charge in [0.05, 0.1) is 15.9 Å². The SMILES string of the molecule is CCC[C@H]1CCC[C@H]2[C@@H]3C[C@H](CN12)CN(S(=O)(=O)c1ccc2[nH]c(=O)[nH]c2c1)C3. The molecule has 0 spiro atoms. The van der Waals surface area contributed by atoms with Gasteiger partial charge in [-0.25, -0.2) is 13.2 Å². The first-order chi connectivity index (χ1) is 14.0. The normalized spacial score (nSPS) is 31.1. The first-order valence-electron chi connectivity index (χ1n) is 10.9. The van der Waals surface area contributed by atoms with Crippen LogP contribution in [0.2, 0.25) is 0 Å². The molecule has 0 amide bonds. The van der Waals surface area contributed by atoms with Crippen molar-refractivity contribution >= 4 is 21.1 Å². The van der Waals surface area contributed by atoms with E-state index in [9.17, 15) is 13.2 Å². The first-order valence-corrected chi connectivity index (χ1v) is 12.4. The Kier molecular flexibility index (Phi) is 4.83. The largest absolute Gasteiger partial charge is 0.323 e. The molecule has 7 nitrogen and oxygen atoms in total. The zero-order chi connectivity index (χ0) is 20.2. The third kappa shape index (κ3) is 3.35. The molecule has 0 unspecified atom stereocenters. The van der Waals surface area contributed by atoms with Crippen molar-refractivity contribution in [2.24, 2.45) is 11.8 Å². The average molecular weight is 419 g/mol. The van der Waals surface area contributed by atoms with Crippen LogP contribution in [0.25, 0.3) is 11.0 Å². The van der Waals surface area contributed by atoms with Gasteiger partial charge in [0.2, 0.25) is 10.0 Å². The Morgan fingerprint density at radius 3 is 2.76 bits per heavy atom. The fraction of sp³-hybridized carbons (Fsp3) is 0.667. The maximum Gasteiger partial charge on any atom is 0.323 e. The Morgan fingerprint density at radius 1 is 1.10 bits per heavy atom. The number of fused-ring (bicyclic) bond motifs is 5. The molecular weight excluding hydrogens is 388 g/mol. The van der Waals surface area contributed by atoms with E-state index in [0.717, 1.165) is 13.0 Å². The quantitative estimate of drug-likeness (QED) is 0.798. The number of H-pyrrole nitrogens is 2. The van der Waals surface area contributed by atoms with E-state index < -0.39 is 10.0 Å². The molecule has 2 N–H and O–H groups in total. The summed E-state index contributed by atoms with van der Waals surface area (Å²) in [6.07, 6.45) is 7.37. The van der Waals surface area contributed by atoms with Crippen LogP contribution in [0.5, 0.6) is 0 Å². The number of benzene rings is 1. The molecule has 5 rings (SSSR count). The highest BCUT2D eigenvalue weighted by atomic mass is 32.2. The van der Waals surface area contributed by atoms with Crippen molar-refractivity contribution in [1.29, 1.82) is 0 Å². The molecule has 3 aliphatic heterocycles. The van der Waals surface area contributed by atoms with Gasteiger partial charge in [-0.2, -0.15) is 4.31 Å². The molecule has 4 heterocycles. The highest BCUT2D eigenvalue weighted by Crippen LogP contribution is 2.41. The molecule has 4 atom stereocenters. The van der Waals surface area contributed by atoms with Crippen molar-refractivity contribution < 1.29 is 8.42 Å². The van der Waals surface area contributed by atoms with Crippen LogP contribution < -0.4 is 5.69 Å². The van der Waals surface area contributed by atoms with Crippen molar-refractivity contribution in [1.82, 2.24) is 19.2 Å². The van der Waals surface area contributed by atoms with Crippen molar-refractivity contribution in [3.63, 3.8) is 0 Å². The van der Waals surface area contributed by atoms with E-state index in [2.05, 4.69) is 21.8 Å². The van der Waals surface area contributed by atoms with Gasteiger partial charge < -0.3 is 9.97 Å². The molecule has 158 valence electrons. The topological polar surface area (TPSA) is 89.3 Å². The van der Waals surface area contributed by atoms with Gasteiger partial charge in [-0.05, 0) is 55.7 Å². The molecule has 0 aliphatic carbocycles. The summed E-state index contributed by atoms with van der Waals surface area (Å²) in [5, 5.41) is 0. The number of imidazole rings is 1. The third-order valence-electron chi connectivity index (χ3n) is 7.23. The number of hydrogen-bond donors (Lipinski definition) is 2. The molecule has 2 aromatic rings. The molecule has 3 fully saturated rings. The summed E-state index contributed by atoms with van der Waals surface area (Å²) in [5.41, 5.74) is 0.847. The molecule has 29 heavy (non-hydrogen) atoms. The molecule has 1 aromatic heterocycles. The second-order valence-electron chi connectivity index (χ2n) is 9.11. The first kappa shape index (κ1) is 19.3. The van der Waals surface area contributed by atoms with E-state index in [1.807, 2.05) is 0 Å². The van der Waals surface area contributed by atoms with Gasteiger partial charge in [0.25, 0.3) is 0 Å². The summed E-state index contributed by atoms with van der Waals surface area (Å²) in [6.45, 7) is 4.50. The van der Waals surface area contributed by atoms with Crippen LogP contribution in [-0.4, -0.2) is 59.3 Å². The molecule has 0 saturated carbocycles. The van der Waals surface area contributed by atoms with Crippen LogP contribution >= 0.6 is 0 Å². The molecule has 3 aliphatic rings. The van der Waals surface area contributed by atoms with Gasteiger partial charge in [0.15, 0.2) is 0 Å². The van der Waals surface area contributed by atoms with E-state index >= 15 is 0 Å². The smallest absolute Gasteiger partial charge is 0.306 e. The molecule has 3 saturated heterocycles. The lowest BCUT2D eigenvalue weighted by molar-refractivity contribution is -0.0426. The molecular formula is C21H30N4O3S. The number of hydrogen-bond acceptors (Lipinski definition) is 4. The third-order valence-corrected chi connectivity index (χ3v) is 9.06. The number of aromatic amines is 2. The van der Waals surface area contributed by atoms with Crippen molar-refractivity contribution in [2.75, 3.05) is 19.6 Å². The maximum atomic E-state index is 13.4. The average Bonchev–Trinajstić information content (AvgIpc) is 3.08. The standard InChI is InChI=1S/C21H30N4O3S/c1-2-4-16-5-3-6-20-15-9-14(12-25(16)20)11-24(13-15)29(27,28)17-7-8-18-19(10-17)23-21(26)22-18/h7-8,10,14-16,20H,2-6,9,11-13H2,1H3,(H2,22,23,26)/t14-,15+,16-,20-/m0/s1. The minimum atomic E-state index is -3.57. The highest BCUT2D eigenvalue weighted by molar-refractivity contribution is 7.89. The second kappa shape index (κ2) is 7.25. The van der Waals surface area contributed by atoms with Gasteiger partial charge in [0.1, 0.15) is 0 Å². The number of piperidine rings is 3. The summed E-state index contributed by atoms with van der Waals surface area (Å²) in [5.74, 6) is 0.834. The zero-order valence-electron chi connectivity index (χ0n) is 16.9. The molecule has 2 bridgehead atoms. The number of sulfonamides is 1. The Labute approximate surface area is 171 Å². The lowest BCUT2D eigenvalue weighted by Gasteiger charge is -2.55. The van der Waals surface area contributed by atoms with Crippen molar-refractivity contribution in [3.05, 3.63) is 28.7 Å². The maximum absolute atomic E-state index is 13.4. The number of nitrogens with zero attached hydrogens (tertiary/aromatic N) is 2. The van der Waals surface area contributed by atoms with Gasteiger partial charge in [-0.3, -0.25) is 4.90 Å². The van der Waals surface area contributed by atoms with Crippen molar-refractivity contribution in [3.8, 4) is 0 Å². The van der Waals surface area contributed by atoms with Gasteiger partial charge in [0, 0.05) is 31.7 Å². The van der Waals surface area contributed by atoms with Crippen LogP contribution in [-0.2, 0) is 10.0 Å². The molecule has 1 aromatic carbocycles.